The molecule has 0 unspecified atom stereocenters. The third kappa shape index (κ3) is 5.63. The van der Waals surface area contributed by atoms with Crippen molar-refractivity contribution in [3.8, 4) is 22.6 Å². The number of para-hydroxylation sites is 2. The van der Waals surface area contributed by atoms with Crippen molar-refractivity contribution in [3.63, 3.8) is 0 Å². The molecule has 0 fully saturated rings. The maximum atomic E-state index is 13.4. The average molecular weight is 569 g/mol. The van der Waals surface area contributed by atoms with E-state index in [9.17, 15) is 19.7 Å². The van der Waals surface area contributed by atoms with Gasteiger partial charge in [0.25, 0.3) is 11.6 Å². The van der Waals surface area contributed by atoms with E-state index in [1.54, 1.807) is 49.6 Å². The van der Waals surface area contributed by atoms with E-state index in [0.29, 0.717) is 33.0 Å². The number of esters is 1. The lowest BCUT2D eigenvalue weighted by molar-refractivity contribution is -0.384. The SMILES string of the molecule is COc1cccc2c(-c3ccccc3Cl)c(C(=O)NN=Cc3ccccc3OC(=O)c3ccc([N+](=O)[O-])cc3)[nH]c12. The van der Waals surface area contributed by atoms with Gasteiger partial charge in [-0.2, -0.15) is 5.10 Å². The lowest BCUT2D eigenvalue weighted by Crippen LogP contribution is -2.19. The number of carbonyl (C=O) groups excluding carboxylic acids is 2. The largest absolute Gasteiger partial charge is 0.495 e. The van der Waals surface area contributed by atoms with Crippen molar-refractivity contribution in [3.05, 3.63) is 123 Å². The molecule has 204 valence electrons. The first-order valence-corrected chi connectivity index (χ1v) is 12.6. The molecule has 10 nitrogen and oxygen atoms in total. The molecular formula is C30H21ClN4O6. The molecule has 5 aromatic rings. The van der Waals surface area contributed by atoms with Gasteiger partial charge in [-0.25, -0.2) is 10.2 Å². The molecule has 1 heterocycles. The van der Waals surface area contributed by atoms with Crippen molar-refractivity contribution in [1.82, 2.24) is 10.4 Å². The van der Waals surface area contributed by atoms with Gasteiger partial charge in [0.15, 0.2) is 0 Å². The molecule has 0 aliphatic rings. The van der Waals surface area contributed by atoms with E-state index in [2.05, 4.69) is 15.5 Å². The summed E-state index contributed by atoms with van der Waals surface area (Å²) < 4.78 is 11.0. The number of benzene rings is 4. The highest BCUT2D eigenvalue weighted by Gasteiger charge is 2.22. The number of nitro groups is 1. The zero-order chi connectivity index (χ0) is 28.9. The number of hydrogen-bond acceptors (Lipinski definition) is 7. The minimum absolute atomic E-state index is 0.136. The van der Waals surface area contributed by atoms with E-state index >= 15 is 0 Å². The topological polar surface area (TPSA) is 136 Å². The number of H-pyrrole nitrogens is 1. The number of hydrogen-bond donors (Lipinski definition) is 2. The van der Waals surface area contributed by atoms with Gasteiger partial charge in [0.2, 0.25) is 0 Å². The predicted octanol–water partition coefficient (Wildman–Crippen LogP) is 6.39. The van der Waals surface area contributed by atoms with Crippen LogP contribution in [0.3, 0.4) is 0 Å². The number of amides is 1. The highest BCUT2D eigenvalue weighted by atomic mass is 35.5. The fourth-order valence-corrected chi connectivity index (χ4v) is 4.48. The summed E-state index contributed by atoms with van der Waals surface area (Å²) in [7, 11) is 1.54. The van der Waals surface area contributed by atoms with Gasteiger partial charge in [0.05, 0.1) is 29.3 Å². The van der Waals surface area contributed by atoms with Gasteiger partial charge < -0.3 is 14.5 Å². The Hall–Kier alpha value is -5.48. The Labute approximate surface area is 238 Å². The molecular weight excluding hydrogens is 548 g/mol. The molecule has 1 aromatic heterocycles. The minimum Gasteiger partial charge on any atom is -0.495 e. The third-order valence-electron chi connectivity index (χ3n) is 6.19. The number of methoxy groups -OCH3 is 1. The van der Waals surface area contributed by atoms with Crippen LogP contribution in [0.4, 0.5) is 5.69 Å². The van der Waals surface area contributed by atoms with Crippen molar-refractivity contribution < 1.29 is 24.0 Å². The maximum Gasteiger partial charge on any atom is 0.343 e. The third-order valence-corrected chi connectivity index (χ3v) is 6.52. The molecule has 0 spiro atoms. The molecule has 0 atom stereocenters. The number of ether oxygens (including phenoxy) is 2. The second kappa shape index (κ2) is 11.7. The van der Waals surface area contributed by atoms with E-state index in [1.807, 2.05) is 24.3 Å². The number of fused-ring (bicyclic) bond motifs is 1. The molecule has 1 amide bonds. The number of nitrogens with one attached hydrogen (secondary N) is 2. The highest BCUT2D eigenvalue weighted by Crippen LogP contribution is 2.39. The normalized spacial score (nSPS) is 11.0. The zero-order valence-electron chi connectivity index (χ0n) is 21.5. The maximum absolute atomic E-state index is 13.4. The summed E-state index contributed by atoms with van der Waals surface area (Å²) in [6.45, 7) is 0. The summed E-state index contributed by atoms with van der Waals surface area (Å²) in [5, 5.41) is 16.2. The van der Waals surface area contributed by atoms with Gasteiger partial charge in [0.1, 0.15) is 17.2 Å². The van der Waals surface area contributed by atoms with Crippen LogP contribution >= 0.6 is 11.6 Å². The molecule has 41 heavy (non-hydrogen) atoms. The minimum atomic E-state index is -0.707. The number of nitrogens with zero attached hydrogens (tertiary/aromatic N) is 2. The summed E-state index contributed by atoms with van der Waals surface area (Å²) in [5.41, 5.74) is 5.03. The fourth-order valence-electron chi connectivity index (χ4n) is 4.25. The number of aromatic amines is 1. The first-order chi connectivity index (χ1) is 19.9. The van der Waals surface area contributed by atoms with Gasteiger partial charge in [-0.3, -0.25) is 14.9 Å². The van der Waals surface area contributed by atoms with Crippen LogP contribution in [0.5, 0.6) is 11.5 Å². The van der Waals surface area contributed by atoms with Crippen molar-refractivity contribution in [1.29, 1.82) is 0 Å². The Balaban J connectivity index is 1.40. The second-order valence-corrected chi connectivity index (χ2v) is 9.08. The summed E-state index contributed by atoms with van der Waals surface area (Å²) in [6, 6.07) is 24.3. The Morgan fingerprint density at radius 1 is 0.951 bits per heavy atom. The van der Waals surface area contributed by atoms with Crippen LogP contribution in [-0.2, 0) is 0 Å². The molecule has 0 aliphatic heterocycles. The smallest absolute Gasteiger partial charge is 0.343 e. The monoisotopic (exact) mass is 568 g/mol. The van der Waals surface area contributed by atoms with Crippen molar-refractivity contribution in [2.75, 3.05) is 7.11 Å². The van der Waals surface area contributed by atoms with Crippen LogP contribution < -0.4 is 14.9 Å². The van der Waals surface area contributed by atoms with E-state index in [-0.39, 0.29) is 22.7 Å². The summed E-state index contributed by atoms with van der Waals surface area (Å²) in [5.74, 6) is -0.501. The number of non-ortho nitro benzene ring substituents is 1. The standard InChI is InChI=1S/C30H21ClN4O6/c1-40-25-12-6-9-22-26(21-8-3-4-10-23(21)31)28(33-27(22)25)29(36)34-32-17-19-7-2-5-11-24(19)41-30(37)18-13-15-20(16-14-18)35(38)39/h2-17,33H,1H3,(H,34,36). The zero-order valence-corrected chi connectivity index (χ0v) is 22.2. The Bertz CT molecular complexity index is 1810. The Morgan fingerprint density at radius 2 is 1.66 bits per heavy atom. The lowest BCUT2D eigenvalue weighted by Gasteiger charge is -2.08. The number of rotatable bonds is 8. The average Bonchev–Trinajstić information content (AvgIpc) is 3.38. The molecule has 0 radical (unpaired) electrons. The van der Waals surface area contributed by atoms with Gasteiger partial charge in [-0.1, -0.05) is 54.1 Å². The van der Waals surface area contributed by atoms with Gasteiger partial charge in [-0.15, -0.1) is 0 Å². The molecule has 0 saturated heterocycles. The number of halogens is 1. The Kier molecular flexibility index (Phi) is 7.75. The van der Waals surface area contributed by atoms with Gasteiger partial charge in [-0.05, 0) is 36.4 Å². The first kappa shape index (κ1) is 27.1. The second-order valence-electron chi connectivity index (χ2n) is 8.67. The molecule has 0 saturated carbocycles. The van der Waals surface area contributed by atoms with Crippen LogP contribution in [0.1, 0.15) is 26.4 Å². The van der Waals surface area contributed by atoms with Crippen LogP contribution in [-0.4, -0.2) is 35.1 Å². The molecule has 0 aliphatic carbocycles. The van der Waals surface area contributed by atoms with E-state index in [0.717, 1.165) is 5.39 Å². The van der Waals surface area contributed by atoms with E-state index in [4.69, 9.17) is 21.1 Å². The van der Waals surface area contributed by atoms with Crippen LogP contribution in [0.25, 0.3) is 22.0 Å². The van der Waals surface area contributed by atoms with Crippen molar-refractivity contribution >= 4 is 46.3 Å². The quantitative estimate of drug-likeness (QED) is 0.0732. The van der Waals surface area contributed by atoms with Crippen molar-refractivity contribution in [2.24, 2.45) is 5.10 Å². The molecule has 0 bridgehead atoms. The van der Waals surface area contributed by atoms with E-state index < -0.39 is 16.8 Å². The van der Waals surface area contributed by atoms with Gasteiger partial charge >= 0.3 is 5.97 Å². The summed E-state index contributed by atoms with van der Waals surface area (Å²) in [4.78, 5) is 39.4. The molecule has 4 aromatic carbocycles. The number of hydrazone groups is 1. The first-order valence-electron chi connectivity index (χ1n) is 12.2. The molecule has 2 N–H and O–H groups in total. The number of carbonyl (C=O) groups is 2. The Morgan fingerprint density at radius 3 is 2.39 bits per heavy atom. The van der Waals surface area contributed by atoms with Gasteiger partial charge in [0, 0.05) is 39.2 Å². The predicted molar refractivity (Wildman–Crippen MR) is 155 cm³/mol. The molecule has 11 heteroatoms. The molecule has 5 rings (SSSR count). The van der Waals surface area contributed by atoms with Crippen LogP contribution in [0, 0.1) is 10.1 Å². The lowest BCUT2D eigenvalue weighted by atomic mass is 10.0. The number of aromatic nitrogens is 1. The van der Waals surface area contributed by atoms with Crippen LogP contribution in [0.15, 0.2) is 96.1 Å². The van der Waals surface area contributed by atoms with Crippen LogP contribution in [0.2, 0.25) is 5.02 Å². The van der Waals surface area contributed by atoms with E-state index in [1.165, 1.54) is 30.5 Å². The highest BCUT2D eigenvalue weighted by molar-refractivity contribution is 6.34. The fraction of sp³-hybridized carbons (Fsp3) is 0.0333. The summed E-state index contributed by atoms with van der Waals surface area (Å²) >= 11 is 6.50. The number of nitro benzene ring substituents is 1. The summed E-state index contributed by atoms with van der Waals surface area (Å²) in [6.07, 6.45) is 1.34. The van der Waals surface area contributed by atoms with Crippen molar-refractivity contribution in [2.45, 2.75) is 0 Å².